The summed E-state index contributed by atoms with van der Waals surface area (Å²) in [4.78, 5) is 30.8. The van der Waals surface area contributed by atoms with Crippen molar-refractivity contribution in [2.24, 2.45) is 5.92 Å². The number of halogens is 2. The van der Waals surface area contributed by atoms with Crippen LogP contribution in [0.1, 0.15) is 24.1 Å². The summed E-state index contributed by atoms with van der Waals surface area (Å²) in [5.41, 5.74) is 1.60. The van der Waals surface area contributed by atoms with Crippen LogP contribution in [0.25, 0.3) is 0 Å². The molecule has 1 aliphatic rings. The fourth-order valence-corrected chi connectivity index (χ4v) is 3.78. The first-order valence-corrected chi connectivity index (χ1v) is 9.83. The minimum absolute atomic E-state index is 0.0445. The van der Waals surface area contributed by atoms with Crippen LogP contribution in [0, 0.1) is 12.8 Å². The normalized spacial score (nSPS) is 14.9. The highest BCUT2D eigenvalue weighted by molar-refractivity contribution is 7.13. The lowest BCUT2D eigenvalue weighted by Gasteiger charge is -2.31. The van der Waals surface area contributed by atoms with Crippen LogP contribution in [0.3, 0.4) is 0 Å². The summed E-state index contributed by atoms with van der Waals surface area (Å²) >= 11 is 1.39. The lowest BCUT2D eigenvalue weighted by Crippen LogP contribution is -2.42. The number of aryl methyl sites for hydroxylation is 1. The molecule has 1 saturated heterocycles. The highest BCUT2D eigenvalue weighted by atomic mass is 32.1. The van der Waals surface area contributed by atoms with Gasteiger partial charge >= 0.3 is 6.61 Å². The van der Waals surface area contributed by atoms with E-state index in [4.69, 9.17) is 0 Å². The van der Waals surface area contributed by atoms with Gasteiger partial charge in [-0.3, -0.25) is 9.59 Å². The van der Waals surface area contributed by atoms with Gasteiger partial charge in [-0.25, -0.2) is 4.98 Å². The number of carbonyl (C=O) groups is 2. The lowest BCUT2D eigenvalue weighted by molar-refractivity contribution is -0.133. The van der Waals surface area contributed by atoms with E-state index in [1.165, 1.54) is 23.5 Å². The predicted molar refractivity (Wildman–Crippen MR) is 102 cm³/mol. The second kappa shape index (κ2) is 9.09. The average molecular weight is 409 g/mol. The van der Waals surface area contributed by atoms with Crippen LogP contribution in [0.2, 0.25) is 0 Å². The molecule has 0 spiro atoms. The Morgan fingerprint density at radius 1 is 1.29 bits per heavy atom. The molecule has 0 radical (unpaired) electrons. The molecule has 6 nitrogen and oxygen atoms in total. The van der Waals surface area contributed by atoms with Crippen molar-refractivity contribution in [1.29, 1.82) is 0 Å². The van der Waals surface area contributed by atoms with Crippen LogP contribution in [0.4, 0.5) is 13.9 Å². The van der Waals surface area contributed by atoms with Crippen molar-refractivity contribution in [2.45, 2.75) is 32.8 Å². The number of benzene rings is 1. The fraction of sp³-hybridized carbons (Fsp3) is 0.421. The van der Waals surface area contributed by atoms with Crippen molar-refractivity contribution in [2.75, 3.05) is 18.4 Å². The Bertz CT molecular complexity index is 818. The third-order valence-corrected chi connectivity index (χ3v) is 5.45. The van der Waals surface area contributed by atoms with Gasteiger partial charge in [0.05, 0.1) is 12.1 Å². The standard InChI is InChI=1S/C19H21F2N3O3S/c1-12-11-28-19(22-12)23-17(26)14-6-8-24(9-7-14)16(25)10-13-2-4-15(5-3-13)27-18(20)21/h2-5,11,14,18H,6-10H2,1H3,(H,22,23,26). The number of ether oxygens (including phenoxy) is 1. The molecule has 0 saturated carbocycles. The fourth-order valence-electron chi connectivity index (χ4n) is 3.09. The first-order valence-electron chi connectivity index (χ1n) is 8.95. The number of piperidine rings is 1. The molecule has 1 aliphatic heterocycles. The molecule has 2 amide bonds. The number of aromatic nitrogens is 1. The SMILES string of the molecule is Cc1csc(NC(=O)C2CCN(C(=O)Cc3ccc(OC(F)F)cc3)CC2)n1. The van der Waals surface area contributed by atoms with Gasteiger partial charge in [-0.2, -0.15) is 8.78 Å². The van der Waals surface area contributed by atoms with Crippen LogP contribution in [-0.4, -0.2) is 41.4 Å². The van der Waals surface area contributed by atoms with E-state index >= 15 is 0 Å². The maximum atomic E-state index is 12.5. The molecular formula is C19H21F2N3O3S. The molecule has 1 aromatic heterocycles. The van der Waals surface area contributed by atoms with Crippen LogP contribution in [-0.2, 0) is 16.0 Å². The Morgan fingerprint density at radius 3 is 2.54 bits per heavy atom. The number of amides is 2. The Kier molecular flexibility index (Phi) is 6.56. The van der Waals surface area contributed by atoms with E-state index in [2.05, 4.69) is 15.0 Å². The summed E-state index contributed by atoms with van der Waals surface area (Å²) < 4.78 is 28.6. The Labute approximate surface area is 165 Å². The number of nitrogens with zero attached hydrogens (tertiary/aromatic N) is 2. The molecule has 2 heterocycles. The van der Waals surface area contributed by atoms with E-state index in [-0.39, 0.29) is 29.9 Å². The number of rotatable bonds is 6. The van der Waals surface area contributed by atoms with Crippen molar-refractivity contribution >= 4 is 28.3 Å². The third kappa shape index (κ3) is 5.48. The molecule has 2 aromatic rings. The van der Waals surface area contributed by atoms with Gasteiger partial charge in [-0.1, -0.05) is 12.1 Å². The third-order valence-electron chi connectivity index (χ3n) is 4.57. The molecule has 9 heteroatoms. The summed E-state index contributed by atoms with van der Waals surface area (Å²) in [5, 5.41) is 5.31. The summed E-state index contributed by atoms with van der Waals surface area (Å²) in [5.74, 6) is -0.180. The summed E-state index contributed by atoms with van der Waals surface area (Å²) in [6.07, 6.45) is 1.39. The molecule has 3 rings (SSSR count). The van der Waals surface area contributed by atoms with E-state index in [0.29, 0.717) is 31.1 Å². The lowest BCUT2D eigenvalue weighted by atomic mass is 9.95. The number of hydrogen-bond acceptors (Lipinski definition) is 5. The minimum Gasteiger partial charge on any atom is -0.435 e. The molecule has 150 valence electrons. The van der Waals surface area contributed by atoms with Gasteiger partial charge < -0.3 is 15.0 Å². The number of alkyl halides is 2. The topological polar surface area (TPSA) is 71.5 Å². The number of anilines is 1. The van der Waals surface area contributed by atoms with Crippen molar-refractivity contribution in [3.8, 4) is 5.75 Å². The van der Waals surface area contributed by atoms with E-state index < -0.39 is 6.61 Å². The van der Waals surface area contributed by atoms with E-state index in [9.17, 15) is 18.4 Å². The van der Waals surface area contributed by atoms with Crippen LogP contribution >= 0.6 is 11.3 Å². The number of carbonyl (C=O) groups excluding carboxylic acids is 2. The molecule has 28 heavy (non-hydrogen) atoms. The Hall–Kier alpha value is -2.55. The number of thiazole rings is 1. The van der Waals surface area contributed by atoms with Crippen molar-refractivity contribution in [3.05, 3.63) is 40.9 Å². The van der Waals surface area contributed by atoms with Crippen molar-refractivity contribution in [3.63, 3.8) is 0 Å². The first-order chi connectivity index (χ1) is 13.4. The highest BCUT2D eigenvalue weighted by Gasteiger charge is 2.27. The molecule has 0 aliphatic carbocycles. The van der Waals surface area contributed by atoms with Gasteiger partial charge in [0, 0.05) is 24.4 Å². The maximum Gasteiger partial charge on any atom is 0.387 e. The maximum absolute atomic E-state index is 12.5. The van der Waals surface area contributed by atoms with Gasteiger partial charge in [0.1, 0.15) is 5.75 Å². The molecule has 1 fully saturated rings. The van der Waals surface area contributed by atoms with Crippen LogP contribution in [0.5, 0.6) is 5.75 Å². The quantitative estimate of drug-likeness (QED) is 0.793. The first kappa shape index (κ1) is 20.2. The zero-order chi connectivity index (χ0) is 20.1. The second-order valence-electron chi connectivity index (χ2n) is 6.64. The van der Waals surface area contributed by atoms with Gasteiger partial charge in [0.25, 0.3) is 0 Å². The zero-order valence-electron chi connectivity index (χ0n) is 15.4. The zero-order valence-corrected chi connectivity index (χ0v) is 16.2. The van der Waals surface area contributed by atoms with E-state index in [1.807, 2.05) is 12.3 Å². The minimum atomic E-state index is -2.87. The van der Waals surface area contributed by atoms with Crippen LogP contribution in [0.15, 0.2) is 29.6 Å². The Morgan fingerprint density at radius 2 is 1.96 bits per heavy atom. The van der Waals surface area contributed by atoms with E-state index in [1.54, 1.807) is 17.0 Å². The average Bonchev–Trinajstić information content (AvgIpc) is 3.07. The van der Waals surface area contributed by atoms with Gasteiger partial charge in [0.15, 0.2) is 5.13 Å². The highest BCUT2D eigenvalue weighted by Crippen LogP contribution is 2.22. The van der Waals surface area contributed by atoms with Crippen molar-refractivity contribution in [1.82, 2.24) is 9.88 Å². The second-order valence-corrected chi connectivity index (χ2v) is 7.50. The van der Waals surface area contributed by atoms with Gasteiger partial charge in [-0.05, 0) is 37.5 Å². The number of hydrogen-bond donors (Lipinski definition) is 1. The number of nitrogens with one attached hydrogen (secondary N) is 1. The van der Waals surface area contributed by atoms with Crippen molar-refractivity contribution < 1.29 is 23.1 Å². The molecule has 0 atom stereocenters. The molecule has 1 aromatic carbocycles. The smallest absolute Gasteiger partial charge is 0.387 e. The predicted octanol–water partition coefficient (Wildman–Crippen LogP) is 3.47. The van der Waals surface area contributed by atoms with Gasteiger partial charge in [0.2, 0.25) is 11.8 Å². The van der Waals surface area contributed by atoms with Gasteiger partial charge in [-0.15, -0.1) is 11.3 Å². The molecule has 1 N–H and O–H groups in total. The Balaban J connectivity index is 1.46. The molecule has 0 unspecified atom stereocenters. The summed E-state index contributed by atoms with van der Waals surface area (Å²) in [6, 6.07) is 6.05. The molecular weight excluding hydrogens is 388 g/mol. The van der Waals surface area contributed by atoms with E-state index in [0.717, 1.165) is 11.3 Å². The molecule has 0 bridgehead atoms. The summed E-state index contributed by atoms with van der Waals surface area (Å²) in [6.45, 7) is 0.0294. The number of likely N-dealkylation sites (tertiary alicyclic amines) is 1. The monoisotopic (exact) mass is 409 g/mol. The van der Waals surface area contributed by atoms with Crippen LogP contribution < -0.4 is 10.1 Å². The summed E-state index contributed by atoms with van der Waals surface area (Å²) in [7, 11) is 0. The largest absolute Gasteiger partial charge is 0.435 e.